The van der Waals surface area contributed by atoms with Gasteiger partial charge in [-0.25, -0.2) is 0 Å². The molecule has 0 aromatic carbocycles. The van der Waals surface area contributed by atoms with E-state index in [1.165, 1.54) is 6.42 Å². The van der Waals surface area contributed by atoms with E-state index in [1.54, 1.807) is 12.3 Å². The number of fused-ring (bicyclic) bond motifs is 2. The molecule has 3 atom stereocenters. The van der Waals surface area contributed by atoms with Gasteiger partial charge in [0, 0.05) is 18.2 Å². The minimum Gasteiger partial charge on any atom is -0.311 e. The summed E-state index contributed by atoms with van der Waals surface area (Å²) in [4.78, 5) is 11.9. The van der Waals surface area contributed by atoms with E-state index in [1.807, 2.05) is 0 Å². The van der Waals surface area contributed by atoms with E-state index >= 15 is 0 Å². The van der Waals surface area contributed by atoms with Gasteiger partial charge in [0.2, 0.25) is 5.91 Å². The largest absolute Gasteiger partial charge is 0.311 e. The Morgan fingerprint density at radius 1 is 1.53 bits per heavy atom. The topological polar surface area (TPSA) is 69.8 Å². The number of rotatable bonds is 2. The molecule has 0 saturated carbocycles. The third kappa shape index (κ3) is 1.52. The number of carbonyl (C=O) groups excluding carboxylic acids is 1. The average Bonchev–Trinajstić information content (AvgIpc) is 2.93. The highest BCUT2D eigenvalue weighted by Gasteiger charge is 2.42. The molecule has 1 aromatic heterocycles. The van der Waals surface area contributed by atoms with Gasteiger partial charge in [0.25, 0.3) is 0 Å². The zero-order valence-corrected chi connectivity index (χ0v) is 8.36. The van der Waals surface area contributed by atoms with Crippen molar-refractivity contribution in [2.75, 3.05) is 5.32 Å². The maximum atomic E-state index is 11.9. The molecule has 1 aromatic rings. The van der Waals surface area contributed by atoms with Crippen LogP contribution in [-0.2, 0) is 4.79 Å². The number of nitrogens with one attached hydrogen (secondary N) is 3. The van der Waals surface area contributed by atoms with Gasteiger partial charge >= 0.3 is 0 Å². The number of hydrogen-bond acceptors (Lipinski definition) is 3. The number of carbonyl (C=O) groups is 1. The van der Waals surface area contributed by atoms with Crippen molar-refractivity contribution in [2.24, 2.45) is 5.92 Å². The second-order valence-electron chi connectivity index (χ2n) is 4.35. The molecule has 80 valence electrons. The fraction of sp³-hybridized carbons (Fsp3) is 0.600. The first-order chi connectivity index (χ1) is 7.33. The highest BCUT2D eigenvalue weighted by atomic mass is 16.2. The maximum absolute atomic E-state index is 11.9. The molecule has 2 fully saturated rings. The summed E-state index contributed by atoms with van der Waals surface area (Å²) in [5.41, 5.74) is 0. The SMILES string of the molecule is O=C(Nc1ccn[nH]1)C1CC2CCC1N2. The lowest BCUT2D eigenvalue weighted by molar-refractivity contribution is -0.120. The summed E-state index contributed by atoms with van der Waals surface area (Å²) in [6.07, 6.45) is 4.96. The summed E-state index contributed by atoms with van der Waals surface area (Å²) in [5.74, 6) is 0.925. The van der Waals surface area contributed by atoms with Crippen molar-refractivity contribution in [3.8, 4) is 0 Å². The average molecular weight is 206 g/mol. The highest BCUT2D eigenvalue weighted by molar-refractivity contribution is 5.92. The summed E-state index contributed by atoms with van der Waals surface area (Å²) < 4.78 is 0. The van der Waals surface area contributed by atoms with Crippen molar-refractivity contribution >= 4 is 11.7 Å². The lowest BCUT2D eigenvalue weighted by Gasteiger charge is -2.18. The molecule has 0 radical (unpaired) electrons. The van der Waals surface area contributed by atoms with E-state index < -0.39 is 0 Å². The molecule has 15 heavy (non-hydrogen) atoms. The number of hydrogen-bond donors (Lipinski definition) is 3. The van der Waals surface area contributed by atoms with Gasteiger partial charge in [0.15, 0.2) is 0 Å². The van der Waals surface area contributed by atoms with E-state index in [9.17, 15) is 4.79 Å². The van der Waals surface area contributed by atoms with E-state index in [4.69, 9.17) is 0 Å². The maximum Gasteiger partial charge on any atom is 0.230 e. The third-order valence-corrected chi connectivity index (χ3v) is 3.40. The lowest BCUT2D eigenvalue weighted by Crippen LogP contribution is -2.32. The van der Waals surface area contributed by atoms with Crippen molar-refractivity contribution in [3.63, 3.8) is 0 Å². The summed E-state index contributed by atoms with van der Waals surface area (Å²) in [6.45, 7) is 0. The molecule has 3 rings (SSSR count). The summed E-state index contributed by atoms with van der Waals surface area (Å²) >= 11 is 0. The molecule has 5 heteroatoms. The van der Waals surface area contributed by atoms with Gasteiger partial charge < -0.3 is 10.6 Å². The van der Waals surface area contributed by atoms with Gasteiger partial charge in [0.1, 0.15) is 5.82 Å². The van der Waals surface area contributed by atoms with Gasteiger partial charge in [-0.1, -0.05) is 0 Å². The number of aromatic nitrogens is 2. The van der Waals surface area contributed by atoms with E-state index in [2.05, 4.69) is 20.8 Å². The van der Waals surface area contributed by atoms with Crippen molar-refractivity contribution in [3.05, 3.63) is 12.3 Å². The van der Waals surface area contributed by atoms with E-state index in [0.29, 0.717) is 17.9 Å². The molecule has 3 unspecified atom stereocenters. The molecule has 1 amide bonds. The molecule has 2 bridgehead atoms. The number of H-pyrrole nitrogens is 1. The normalized spacial score (nSPS) is 33.2. The van der Waals surface area contributed by atoms with Crippen LogP contribution < -0.4 is 10.6 Å². The standard InChI is InChI=1S/C10H14N4O/c15-10(13-9-3-4-11-14-9)7-5-6-1-2-8(7)12-6/h3-4,6-8,12H,1-2,5H2,(H2,11,13,14,15). The number of nitrogens with zero attached hydrogens (tertiary/aromatic N) is 1. The first-order valence-electron chi connectivity index (χ1n) is 5.39. The van der Waals surface area contributed by atoms with Crippen molar-refractivity contribution < 1.29 is 4.79 Å². The predicted molar refractivity (Wildman–Crippen MR) is 55.3 cm³/mol. The molecule has 2 saturated heterocycles. The zero-order chi connectivity index (χ0) is 10.3. The molecule has 0 spiro atoms. The Labute approximate surface area is 87.6 Å². The Balaban J connectivity index is 1.66. The fourth-order valence-corrected chi connectivity index (χ4v) is 2.66. The van der Waals surface area contributed by atoms with Gasteiger partial charge in [-0.3, -0.25) is 9.89 Å². The second kappa shape index (κ2) is 3.34. The van der Waals surface area contributed by atoms with Crippen LogP contribution in [0.2, 0.25) is 0 Å². The van der Waals surface area contributed by atoms with Crippen LogP contribution in [0.4, 0.5) is 5.82 Å². The molecule has 3 heterocycles. The van der Waals surface area contributed by atoms with Crippen LogP contribution >= 0.6 is 0 Å². The molecule has 2 aliphatic rings. The molecule has 5 nitrogen and oxygen atoms in total. The lowest BCUT2D eigenvalue weighted by atomic mass is 9.88. The zero-order valence-electron chi connectivity index (χ0n) is 8.36. The van der Waals surface area contributed by atoms with Gasteiger partial charge in [-0.05, 0) is 19.3 Å². The van der Waals surface area contributed by atoms with Crippen molar-refractivity contribution in [1.29, 1.82) is 0 Å². The Hall–Kier alpha value is -1.36. The van der Waals surface area contributed by atoms with Crippen LogP contribution in [0, 0.1) is 5.92 Å². The molecule has 3 N–H and O–H groups in total. The van der Waals surface area contributed by atoms with Crippen molar-refractivity contribution in [2.45, 2.75) is 31.3 Å². The summed E-state index contributed by atoms with van der Waals surface area (Å²) in [5, 5.41) is 12.8. The summed E-state index contributed by atoms with van der Waals surface area (Å²) in [7, 11) is 0. The van der Waals surface area contributed by atoms with Crippen LogP contribution in [0.25, 0.3) is 0 Å². The molecular weight excluding hydrogens is 192 g/mol. The van der Waals surface area contributed by atoms with Crippen LogP contribution in [0.3, 0.4) is 0 Å². The molecule has 2 aliphatic heterocycles. The van der Waals surface area contributed by atoms with Crippen LogP contribution in [0.5, 0.6) is 0 Å². The highest BCUT2D eigenvalue weighted by Crippen LogP contribution is 2.33. The Kier molecular flexibility index (Phi) is 1.98. The quantitative estimate of drug-likeness (QED) is 0.659. The smallest absolute Gasteiger partial charge is 0.230 e. The monoisotopic (exact) mass is 206 g/mol. The van der Waals surface area contributed by atoms with Gasteiger partial charge in [-0.15, -0.1) is 0 Å². The Morgan fingerprint density at radius 3 is 3.07 bits per heavy atom. The second-order valence-corrected chi connectivity index (χ2v) is 4.35. The minimum atomic E-state index is 0.110. The number of anilines is 1. The summed E-state index contributed by atoms with van der Waals surface area (Å²) in [6, 6.07) is 2.71. The first-order valence-corrected chi connectivity index (χ1v) is 5.39. The van der Waals surface area contributed by atoms with E-state index in [-0.39, 0.29) is 11.8 Å². The fourth-order valence-electron chi connectivity index (χ4n) is 2.66. The van der Waals surface area contributed by atoms with Crippen molar-refractivity contribution in [1.82, 2.24) is 15.5 Å². The van der Waals surface area contributed by atoms with Crippen LogP contribution in [0.1, 0.15) is 19.3 Å². The van der Waals surface area contributed by atoms with E-state index in [0.717, 1.165) is 12.8 Å². The van der Waals surface area contributed by atoms with Gasteiger partial charge in [-0.2, -0.15) is 5.10 Å². The van der Waals surface area contributed by atoms with Crippen LogP contribution in [-0.4, -0.2) is 28.2 Å². The predicted octanol–water partition coefficient (Wildman–Crippen LogP) is 0.489. The molecule has 0 aliphatic carbocycles. The Morgan fingerprint density at radius 2 is 2.47 bits per heavy atom. The minimum absolute atomic E-state index is 0.110. The van der Waals surface area contributed by atoms with Gasteiger partial charge in [0.05, 0.1) is 12.1 Å². The molecular formula is C10H14N4O. The third-order valence-electron chi connectivity index (χ3n) is 3.40. The Bertz CT molecular complexity index is 362. The van der Waals surface area contributed by atoms with Crippen LogP contribution in [0.15, 0.2) is 12.3 Å². The number of amides is 1. The number of aromatic amines is 1. The first kappa shape index (κ1) is 8.91.